The molecule has 0 atom stereocenters. The smallest absolute Gasteiger partial charge is 0.246 e. The van der Waals surface area contributed by atoms with Crippen molar-refractivity contribution in [2.75, 3.05) is 31.1 Å². The van der Waals surface area contributed by atoms with Gasteiger partial charge >= 0.3 is 0 Å². The van der Waals surface area contributed by atoms with E-state index >= 15 is 0 Å². The third-order valence-corrected chi connectivity index (χ3v) is 7.15. The van der Waals surface area contributed by atoms with Gasteiger partial charge in [-0.05, 0) is 48.0 Å². The van der Waals surface area contributed by atoms with Gasteiger partial charge in [-0.3, -0.25) is 4.79 Å². The summed E-state index contributed by atoms with van der Waals surface area (Å²) >= 11 is 6.27. The van der Waals surface area contributed by atoms with Crippen LogP contribution in [0.3, 0.4) is 0 Å². The molecule has 0 bridgehead atoms. The van der Waals surface area contributed by atoms with E-state index in [4.69, 9.17) is 16.0 Å². The van der Waals surface area contributed by atoms with E-state index in [9.17, 15) is 13.2 Å². The minimum absolute atomic E-state index is 0.0781. The fourth-order valence-electron chi connectivity index (χ4n) is 3.57. The second kappa shape index (κ2) is 10.2. The van der Waals surface area contributed by atoms with Gasteiger partial charge in [-0.15, -0.1) is 0 Å². The Morgan fingerprint density at radius 3 is 2.39 bits per heavy atom. The van der Waals surface area contributed by atoms with Crippen molar-refractivity contribution in [2.45, 2.75) is 11.4 Å². The van der Waals surface area contributed by atoms with Crippen LogP contribution < -0.4 is 9.62 Å². The van der Waals surface area contributed by atoms with Gasteiger partial charge in [0.2, 0.25) is 15.9 Å². The van der Waals surface area contributed by atoms with Gasteiger partial charge in [-0.1, -0.05) is 35.9 Å². The van der Waals surface area contributed by atoms with Gasteiger partial charge in [0.15, 0.2) is 0 Å². The number of carbonyl (C=O) groups excluding carboxylic acids is 1. The largest absolute Gasteiger partial charge is 0.468 e. The van der Waals surface area contributed by atoms with Gasteiger partial charge in [-0.2, -0.15) is 0 Å². The Bertz CT molecular complexity index is 1220. The molecule has 1 aliphatic rings. The lowest BCUT2D eigenvalue weighted by Gasteiger charge is -2.36. The summed E-state index contributed by atoms with van der Waals surface area (Å²) in [5, 5.41) is 0.707. The highest BCUT2D eigenvalue weighted by molar-refractivity contribution is 7.89. The highest BCUT2D eigenvalue weighted by atomic mass is 35.5. The number of hydrogen-bond donors (Lipinski definition) is 1. The SMILES string of the molecule is O=C(C=Cc1ccc(S(=O)(=O)NCc2ccco2)cc1)N1CCN(c2ccccc2Cl)CC1. The normalized spacial score (nSPS) is 14.7. The predicted octanol–water partition coefficient (Wildman–Crippen LogP) is 3.77. The molecule has 1 aliphatic heterocycles. The molecule has 1 fully saturated rings. The number of benzene rings is 2. The Morgan fingerprint density at radius 2 is 1.73 bits per heavy atom. The van der Waals surface area contributed by atoms with Crippen LogP contribution in [-0.4, -0.2) is 45.4 Å². The number of para-hydroxylation sites is 1. The minimum Gasteiger partial charge on any atom is -0.468 e. The van der Waals surface area contributed by atoms with Crippen LogP contribution in [0.4, 0.5) is 5.69 Å². The lowest BCUT2D eigenvalue weighted by atomic mass is 10.2. The number of hydrogen-bond acceptors (Lipinski definition) is 5. The zero-order valence-electron chi connectivity index (χ0n) is 17.9. The lowest BCUT2D eigenvalue weighted by molar-refractivity contribution is -0.126. The standard InChI is InChI=1S/C24H24ClN3O4S/c25-22-5-1-2-6-23(22)27-13-15-28(16-14-27)24(29)12-9-19-7-10-21(11-8-19)33(30,31)26-18-20-4-3-17-32-20/h1-12,17,26H,13-16,18H2. The Balaban J connectivity index is 1.31. The molecule has 1 saturated heterocycles. The maximum Gasteiger partial charge on any atom is 0.246 e. The van der Waals surface area contributed by atoms with E-state index in [1.165, 1.54) is 24.5 Å². The Hall–Kier alpha value is -3.07. The fourth-order valence-corrected chi connectivity index (χ4v) is 4.82. The summed E-state index contributed by atoms with van der Waals surface area (Å²) in [6, 6.07) is 17.5. The van der Waals surface area contributed by atoms with Crippen molar-refractivity contribution in [3.05, 3.63) is 89.3 Å². The van der Waals surface area contributed by atoms with E-state index in [1.807, 2.05) is 24.3 Å². The van der Waals surface area contributed by atoms with Crippen LogP contribution in [0, 0.1) is 0 Å². The van der Waals surface area contributed by atoms with Crippen molar-refractivity contribution in [3.8, 4) is 0 Å². The van der Waals surface area contributed by atoms with Gasteiger partial charge in [0.05, 0.1) is 28.4 Å². The van der Waals surface area contributed by atoms with Crippen molar-refractivity contribution in [2.24, 2.45) is 0 Å². The molecule has 1 aromatic heterocycles. The number of sulfonamides is 1. The molecule has 1 N–H and O–H groups in total. The summed E-state index contributed by atoms with van der Waals surface area (Å²) in [5.41, 5.74) is 1.72. The third-order valence-electron chi connectivity index (χ3n) is 5.41. The number of nitrogens with one attached hydrogen (secondary N) is 1. The zero-order chi connectivity index (χ0) is 23.3. The lowest BCUT2D eigenvalue weighted by Crippen LogP contribution is -2.48. The first kappa shape index (κ1) is 23.1. The highest BCUT2D eigenvalue weighted by Crippen LogP contribution is 2.26. The molecular weight excluding hydrogens is 462 g/mol. The summed E-state index contributed by atoms with van der Waals surface area (Å²) in [5.74, 6) is 0.454. The number of amides is 1. The number of anilines is 1. The van der Waals surface area contributed by atoms with E-state index in [0.29, 0.717) is 37.0 Å². The molecule has 9 heteroatoms. The van der Waals surface area contributed by atoms with Gasteiger partial charge < -0.3 is 14.2 Å². The van der Waals surface area contributed by atoms with E-state index in [2.05, 4.69) is 9.62 Å². The fraction of sp³-hybridized carbons (Fsp3) is 0.208. The van der Waals surface area contributed by atoms with Crippen LogP contribution in [0.25, 0.3) is 6.08 Å². The molecular formula is C24H24ClN3O4S. The van der Waals surface area contributed by atoms with E-state index in [-0.39, 0.29) is 17.3 Å². The van der Waals surface area contributed by atoms with E-state index < -0.39 is 10.0 Å². The van der Waals surface area contributed by atoms with Crippen LogP contribution in [0.2, 0.25) is 5.02 Å². The molecule has 4 rings (SSSR count). The first-order chi connectivity index (χ1) is 15.9. The molecule has 2 heterocycles. The predicted molar refractivity (Wildman–Crippen MR) is 128 cm³/mol. The van der Waals surface area contributed by atoms with Crippen LogP contribution in [-0.2, 0) is 21.4 Å². The molecule has 0 radical (unpaired) electrons. The molecule has 1 amide bonds. The Morgan fingerprint density at radius 1 is 1.00 bits per heavy atom. The Kier molecular flexibility index (Phi) is 7.17. The summed E-state index contributed by atoms with van der Waals surface area (Å²) in [6.07, 6.45) is 4.70. The maximum atomic E-state index is 12.6. The number of nitrogens with zero attached hydrogens (tertiary/aromatic N) is 2. The van der Waals surface area contributed by atoms with E-state index in [0.717, 1.165) is 11.3 Å². The van der Waals surface area contributed by atoms with Crippen molar-refractivity contribution in [3.63, 3.8) is 0 Å². The van der Waals surface area contributed by atoms with Crippen molar-refractivity contribution < 1.29 is 17.6 Å². The van der Waals surface area contributed by atoms with Gasteiger partial charge in [0.25, 0.3) is 0 Å². The van der Waals surface area contributed by atoms with Crippen LogP contribution in [0.15, 0.2) is 82.3 Å². The molecule has 172 valence electrons. The van der Waals surface area contributed by atoms with Gasteiger partial charge in [-0.25, -0.2) is 13.1 Å². The topological polar surface area (TPSA) is 82.9 Å². The van der Waals surface area contributed by atoms with Gasteiger partial charge in [0.1, 0.15) is 5.76 Å². The number of carbonyl (C=O) groups is 1. The van der Waals surface area contributed by atoms with Crippen LogP contribution in [0.1, 0.15) is 11.3 Å². The second-order valence-corrected chi connectivity index (χ2v) is 9.74. The number of piperazine rings is 1. The molecule has 2 aromatic carbocycles. The monoisotopic (exact) mass is 485 g/mol. The zero-order valence-corrected chi connectivity index (χ0v) is 19.4. The summed E-state index contributed by atoms with van der Waals surface area (Å²) in [7, 11) is -3.66. The third kappa shape index (κ3) is 5.84. The molecule has 0 unspecified atom stereocenters. The molecule has 0 spiro atoms. The van der Waals surface area contributed by atoms with Crippen molar-refractivity contribution in [1.29, 1.82) is 0 Å². The average Bonchev–Trinajstić information content (AvgIpc) is 3.36. The van der Waals surface area contributed by atoms with Crippen LogP contribution in [0.5, 0.6) is 0 Å². The number of halogens is 1. The summed E-state index contributed by atoms with van der Waals surface area (Å²) < 4.78 is 32.5. The number of furan rings is 1. The maximum absolute atomic E-state index is 12.6. The molecule has 3 aromatic rings. The van der Waals surface area contributed by atoms with E-state index in [1.54, 1.807) is 35.2 Å². The summed E-state index contributed by atoms with van der Waals surface area (Å²) in [4.78, 5) is 16.7. The first-order valence-corrected chi connectivity index (χ1v) is 12.4. The first-order valence-electron chi connectivity index (χ1n) is 10.5. The molecule has 7 nitrogen and oxygen atoms in total. The molecule has 0 saturated carbocycles. The summed E-state index contributed by atoms with van der Waals surface area (Å²) in [6.45, 7) is 2.71. The van der Waals surface area contributed by atoms with Gasteiger partial charge in [0, 0.05) is 32.3 Å². The minimum atomic E-state index is -3.66. The molecule has 33 heavy (non-hydrogen) atoms. The van der Waals surface area contributed by atoms with Crippen LogP contribution >= 0.6 is 11.6 Å². The number of rotatable bonds is 7. The second-order valence-electron chi connectivity index (χ2n) is 7.57. The average molecular weight is 486 g/mol. The van der Waals surface area contributed by atoms with Crippen molar-refractivity contribution in [1.82, 2.24) is 9.62 Å². The Labute approximate surface area is 198 Å². The quantitative estimate of drug-likeness (QED) is 0.515. The van der Waals surface area contributed by atoms with Crippen molar-refractivity contribution >= 4 is 39.3 Å². The molecule has 0 aliphatic carbocycles. The highest BCUT2D eigenvalue weighted by Gasteiger charge is 2.21.